The Balaban J connectivity index is 2.10. The first-order chi connectivity index (χ1) is 10.6. The van der Waals surface area contributed by atoms with Crippen molar-refractivity contribution < 1.29 is 24.8 Å². The molecule has 0 radical (unpaired) electrons. The van der Waals surface area contributed by atoms with Gasteiger partial charge in [0.05, 0.1) is 13.2 Å². The molecular formula is C12H17N5O5. The van der Waals surface area contributed by atoms with Crippen molar-refractivity contribution in [1.82, 2.24) is 19.7 Å². The molecule has 10 heteroatoms. The summed E-state index contributed by atoms with van der Waals surface area (Å²) in [7, 11) is 0. The van der Waals surface area contributed by atoms with Gasteiger partial charge >= 0.3 is 0 Å². The fraction of sp³-hybridized carbons (Fsp3) is 0.583. The second-order valence-corrected chi connectivity index (χ2v) is 4.87. The van der Waals surface area contributed by atoms with Crippen LogP contribution in [0.2, 0.25) is 0 Å². The van der Waals surface area contributed by atoms with E-state index < -0.39 is 31.1 Å². The zero-order valence-electron chi connectivity index (χ0n) is 11.8. The first kappa shape index (κ1) is 14.9. The highest BCUT2D eigenvalue weighted by atomic mass is 16.6. The molecule has 10 nitrogen and oxygen atoms in total. The van der Waals surface area contributed by atoms with E-state index in [-0.39, 0.29) is 11.7 Å². The Bertz CT molecular complexity index is 677. The van der Waals surface area contributed by atoms with Crippen LogP contribution in [0.25, 0.3) is 11.0 Å². The van der Waals surface area contributed by atoms with Gasteiger partial charge < -0.3 is 30.5 Å². The van der Waals surface area contributed by atoms with Gasteiger partial charge in [-0.2, -0.15) is 0 Å². The van der Waals surface area contributed by atoms with Crippen LogP contribution >= 0.6 is 0 Å². The topological polar surface area (TPSA) is 149 Å². The summed E-state index contributed by atoms with van der Waals surface area (Å²) in [5.41, 5.74) is 6.15. The molecule has 1 saturated heterocycles. The van der Waals surface area contributed by atoms with Crippen LogP contribution in [0.1, 0.15) is 13.2 Å². The summed E-state index contributed by atoms with van der Waals surface area (Å²) in [5.74, 6) is 0.403. The van der Waals surface area contributed by atoms with Crippen LogP contribution in [-0.2, 0) is 4.74 Å². The minimum atomic E-state index is -1.27. The second-order valence-electron chi connectivity index (χ2n) is 4.87. The lowest BCUT2D eigenvalue weighted by Crippen LogP contribution is -2.33. The van der Waals surface area contributed by atoms with Gasteiger partial charge in [0, 0.05) is 0 Å². The molecule has 1 unspecified atom stereocenters. The van der Waals surface area contributed by atoms with Gasteiger partial charge in [0.2, 0.25) is 5.88 Å². The second kappa shape index (κ2) is 5.65. The van der Waals surface area contributed by atoms with E-state index >= 15 is 0 Å². The summed E-state index contributed by atoms with van der Waals surface area (Å²) >= 11 is 0. The predicted octanol–water partition coefficient (Wildman–Crippen LogP) is -1.58. The van der Waals surface area contributed by atoms with Gasteiger partial charge in [-0.15, -0.1) is 5.10 Å². The summed E-state index contributed by atoms with van der Waals surface area (Å²) < 4.78 is 12.1. The summed E-state index contributed by atoms with van der Waals surface area (Å²) in [5, 5.41) is 33.8. The molecule has 1 aliphatic heterocycles. The number of nitrogens with zero attached hydrogens (tertiary/aromatic N) is 4. The van der Waals surface area contributed by atoms with Crippen molar-refractivity contribution in [2.24, 2.45) is 0 Å². The van der Waals surface area contributed by atoms with Crippen molar-refractivity contribution in [2.75, 3.05) is 18.9 Å². The molecule has 120 valence electrons. The Hall–Kier alpha value is -2.01. The number of nitrogen functional groups attached to an aromatic ring is 1. The van der Waals surface area contributed by atoms with Gasteiger partial charge in [-0.1, -0.05) is 0 Å². The monoisotopic (exact) mass is 311 g/mol. The highest BCUT2D eigenvalue weighted by Gasteiger charge is 2.45. The summed E-state index contributed by atoms with van der Waals surface area (Å²) in [6, 6.07) is 0. The number of anilines is 1. The zero-order chi connectivity index (χ0) is 15.9. The summed E-state index contributed by atoms with van der Waals surface area (Å²) in [6.07, 6.45) is -3.17. The van der Waals surface area contributed by atoms with Gasteiger partial charge in [-0.3, -0.25) is 0 Å². The van der Waals surface area contributed by atoms with E-state index in [1.165, 1.54) is 11.0 Å². The van der Waals surface area contributed by atoms with Gasteiger partial charge in [0.15, 0.2) is 11.9 Å². The van der Waals surface area contributed by atoms with Crippen LogP contribution in [0.15, 0.2) is 6.33 Å². The van der Waals surface area contributed by atoms with Crippen molar-refractivity contribution in [3.8, 4) is 5.88 Å². The smallest absolute Gasteiger partial charge is 0.246 e. The van der Waals surface area contributed by atoms with Gasteiger partial charge in [-0.25, -0.2) is 14.6 Å². The largest absolute Gasteiger partial charge is 0.476 e. The first-order valence-corrected chi connectivity index (χ1v) is 6.82. The van der Waals surface area contributed by atoms with Crippen LogP contribution in [0.5, 0.6) is 5.88 Å². The van der Waals surface area contributed by atoms with Crippen LogP contribution in [0.3, 0.4) is 0 Å². The van der Waals surface area contributed by atoms with Crippen LogP contribution < -0.4 is 10.5 Å². The van der Waals surface area contributed by atoms with Gasteiger partial charge in [0.1, 0.15) is 35.8 Å². The average molecular weight is 311 g/mol. The fourth-order valence-corrected chi connectivity index (χ4v) is 2.46. The molecule has 5 N–H and O–H groups in total. The van der Waals surface area contributed by atoms with Crippen LogP contribution in [-0.4, -0.2) is 66.6 Å². The number of nitrogens with two attached hydrogens (primary N) is 1. The molecule has 2 aromatic heterocycles. The number of aliphatic hydroxyl groups excluding tert-OH is 3. The zero-order valence-corrected chi connectivity index (χ0v) is 11.8. The average Bonchev–Trinajstić information content (AvgIpc) is 3.00. The van der Waals surface area contributed by atoms with Crippen molar-refractivity contribution in [1.29, 1.82) is 0 Å². The summed E-state index contributed by atoms with van der Waals surface area (Å²) in [4.78, 5) is 7.99. The number of rotatable bonds is 4. The number of hydrogen-bond acceptors (Lipinski definition) is 9. The predicted molar refractivity (Wildman–Crippen MR) is 73.9 cm³/mol. The molecule has 1 aliphatic rings. The SMILES string of the molecule is CCOc1nn([C@@H]2O[C@H](CO)C(O)[C@H]2O)c2ncnc(N)c12. The molecule has 0 saturated carbocycles. The number of aliphatic hydroxyl groups is 3. The Morgan fingerprint density at radius 1 is 1.36 bits per heavy atom. The molecule has 0 amide bonds. The number of fused-ring (bicyclic) bond motifs is 1. The molecule has 3 rings (SSSR count). The molecule has 0 aromatic carbocycles. The van der Waals surface area contributed by atoms with E-state index in [9.17, 15) is 10.2 Å². The minimum Gasteiger partial charge on any atom is -0.476 e. The van der Waals surface area contributed by atoms with Crippen molar-refractivity contribution >= 4 is 16.9 Å². The maximum absolute atomic E-state index is 10.1. The van der Waals surface area contributed by atoms with E-state index in [0.717, 1.165) is 0 Å². The van der Waals surface area contributed by atoms with Gasteiger partial charge in [-0.05, 0) is 6.92 Å². The number of aromatic nitrogens is 4. The van der Waals surface area contributed by atoms with Crippen LogP contribution in [0.4, 0.5) is 5.82 Å². The lowest BCUT2D eigenvalue weighted by atomic mass is 10.1. The maximum atomic E-state index is 10.1. The van der Waals surface area contributed by atoms with E-state index in [0.29, 0.717) is 17.6 Å². The van der Waals surface area contributed by atoms with E-state index in [1.807, 2.05) is 0 Å². The normalized spacial score (nSPS) is 28.4. The number of hydrogen-bond donors (Lipinski definition) is 4. The molecule has 22 heavy (non-hydrogen) atoms. The van der Waals surface area contributed by atoms with E-state index in [4.69, 9.17) is 20.3 Å². The molecule has 4 atom stereocenters. The highest BCUT2D eigenvalue weighted by Crippen LogP contribution is 2.35. The van der Waals surface area contributed by atoms with Crippen molar-refractivity contribution in [2.45, 2.75) is 31.5 Å². The third-order valence-corrected chi connectivity index (χ3v) is 3.53. The molecule has 3 heterocycles. The Kier molecular flexibility index (Phi) is 3.83. The first-order valence-electron chi connectivity index (χ1n) is 6.82. The molecular weight excluding hydrogens is 294 g/mol. The number of ether oxygens (including phenoxy) is 2. The van der Waals surface area contributed by atoms with Gasteiger partial charge in [0.25, 0.3) is 0 Å². The van der Waals surface area contributed by atoms with Crippen molar-refractivity contribution in [3.05, 3.63) is 6.33 Å². The maximum Gasteiger partial charge on any atom is 0.246 e. The molecule has 2 aromatic rings. The molecule has 1 fully saturated rings. The van der Waals surface area contributed by atoms with Crippen LogP contribution in [0, 0.1) is 0 Å². The van der Waals surface area contributed by atoms with E-state index in [2.05, 4.69) is 15.1 Å². The Morgan fingerprint density at radius 3 is 2.77 bits per heavy atom. The third kappa shape index (κ3) is 2.16. The molecule has 0 bridgehead atoms. The highest BCUT2D eigenvalue weighted by molar-refractivity contribution is 5.90. The fourth-order valence-electron chi connectivity index (χ4n) is 2.46. The Labute approximate surface area is 125 Å². The molecule has 0 spiro atoms. The lowest BCUT2D eigenvalue weighted by molar-refractivity contribution is -0.0570. The Morgan fingerprint density at radius 2 is 2.14 bits per heavy atom. The molecule has 0 aliphatic carbocycles. The minimum absolute atomic E-state index is 0.187. The quantitative estimate of drug-likeness (QED) is 0.524. The van der Waals surface area contributed by atoms with E-state index in [1.54, 1.807) is 6.92 Å². The standard InChI is InChI=1S/C12H17N5O5/c1-2-21-11-6-9(13)14-4-15-10(6)17(16-11)12-8(20)7(19)5(3-18)22-12/h4-5,7-8,12,18-20H,2-3H2,1H3,(H2,13,14,15)/t5-,7?,8-,12-/m1/s1. The summed E-state index contributed by atoms with van der Waals surface area (Å²) in [6.45, 7) is 1.72. The van der Waals surface area contributed by atoms with Crippen molar-refractivity contribution in [3.63, 3.8) is 0 Å². The lowest BCUT2D eigenvalue weighted by Gasteiger charge is -2.15. The third-order valence-electron chi connectivity index (χ3n) is 3.53.